The van der Waals surface area contributed by atoms with Gasteiger partial charge in [-0.15, -0.1) is 0 Å². The van der Waals surface area contributed by atoms with Gasteiger partial charge in [0.1, 0.15) is 11.9 Å². The summed E-state index contributed by atoms with van der Waals surface area (Å²) in [5, 5.41) is 0. The van der Waals surface area contributed by atoms with Gasteiger partial charge in [-0.25, -0.2) is 4.39 Å². The minimum absolute atomic E-state index is 0.0481. The highest BCUT2D eigenvalue weighted by Crippen LogP contribution is 2.43. The number of halogens is 1. The molecule has 0 spiro atoms. The van der Waals surface area contributed by atoms with Gasteiger partial charge in [-0.1, -0.05) is 33.1 Å². The first kappa shape index (κ1) is 28.1. The smallest absolute Gasteiger partial charge is 0.312 e. The van der Waals surface area contributed by atoms with Crippen molar-refractivity contribution in [1.82, 2.24) is 4.90 Å². The van der Waals surface area contributed by atoms with E-state index < -0.39 is 0 Å². The number of ether oxygens (including phenoxy) is 2. The summed E-state index contributed by atoms with van der Waals surface area (Å²) < 4.78 is 23.1. The number of cyclic esters (lactones) is 1. The number of carbonyl (C=O) groups excluding carboxylic acids is 2. The summed E-state index contributed by atoms with van der Waals surface area (Å²) in [6, 6.07) is 7.20. The molecule has 2 saturated heterocycles. The Morgan fingerprint density at radius 2 is 1.85 bits per heavy atom. The van der Waals surface area contributed by atoms with Gasteiger partial charge in [0, 0.05) is 51.3 Å². The first-order valence-corrected chi connectivity index (χ1v) is 12.7. The molecule has 0 amide bonds. The lowest BCUT2D eigenvalue weighted by molar-refractivity contribution is -0.149. The lowest BCUT2D eigenvalue weighted by atomic mass is 9.76. The molecule has 2 heterocycles. The Balaban J connectivity index is 0.000000739. The van der Waals surface area contributed by atoms with Gasteiger partial charge in [-0.2, -0.15) is 0 Å². The van der Waals surface area contributed by atoms with E-state index in [1.54, 1.807) is 0 Å². The van der Waals surface area contributed by atoms with Crippen molar-refractivity contribution in [1.29, 1.82) is 0 Å². The molecule has 7 heteroatoms. The van der Waals surface area contributed by atoms with Crippen molar-refractivity contribution in [2.24, 2.45) is 5.41 Å². The number of hydrogen-bond donors (Lipinski definition) is 0. The van der Waals surface area contributed by atoms with E-state index in [1.807, 2.05) is 12.1 Å². The summed E-state index contributed by atoms with van der Waals surface area (Å²) >= 11 is 0. The number of benzene rings is 1. The molecule has 192 valence electrons. The molecule has 34 heavy (non-hydrogen) atoms. The molecule has 2 aliphatic rings. The van der Waals surface area contributed by atoms with Gasteiger partial charge >= 0.3 is 11.9 Å². The summed E-state index contributed by atoms with van der Waals surface area (Å²) in [5.74, 6) is -0.387. The topological polar surface area (TPSA) is 59.1 Å². The highest BCUT2D eigenvalue weighted by atomic mass is 19.1. The standard InChI is InChI=1S/C24H37FN2O2.C3H6O2/c1-4-6-13-24(12-5-2)17-22(29-23(24)28)11-14-26-15-16-27(18-19(26)3)21-9-7-20(25)8-10-21;1-3(4)5-2/h7-10,19,22H,4-6,11-18H2,1-3H3;1-2H3. The summed E-state index contributed by atoms with van der Waals surface area (Å²) in [7, 11) is 1.35. The minimum Gasteiger partial charge on any atom is -0.469 e. The van der Waals surface area contributed by atoms with Gasteiger partial charge in [0.05, 0.1) is 12.5 Å². The monoisotopic (exact) mass is 478 g/mol. The van der Waals surface area contributed by atoms with Crippen molar-refractivity contribution in [3.63, 3.8) is 0 Å². The Hall–Kier alpha value is -2.15. The number of esters is 2. The third-order valence-electron chi connectivity index (χ3n) is 7.05. The molecule has 2 aliphatic heterocycles. The Bertz CT molecular complexity index is 772. The highest BCUT2D eigenvalue weighted by molar-refractivity contribution is 5.79. The van der Waals surface area contributed by atoms with Crippen LogP contribution in [-0.4, -0.2) is 62.3 Å². The van der Waals surface area contributed by atoms with Gasteiger partial charge in [0.25, 0.3) is 0 Å². The molecule has 3 atom stereocenters. The molecule has 0 radical (unpaired) electrons. The van der Waals surface area contributed by atoms with E-state index in [4.69, 9.17) is 4.74 Å². The van der Waals surface area contributed by atoms with Crippen LogP contribution in [0, 0.1) is 11.2 Å². The average molecular weight is 479 g/mol. The number of piperazine rings is 1. The highest BCUT2D eigenvalue weighted by Gasteiger charge is 2.47. The van der Waals surface area contributed by atoms with E-state index in [1.165, 1.54) is 26.2 Å². The fraction of sp³-hybridized carbons (Fsp3) is 0.704. The predicted octanol–water partition coefficient (Wildman–Crippen LogP) is 5.20. The molecule has 0 N–H and O–H groups in total. The van der Waals surface area contributed by atoms with Gasteiger partial charge in [-0.05, 0) is 50.5 Å². The zero-order valence-electron chi connectivity index (χ0n) is 21.6. The summed E-state index contributed by atoms with van der Waals surface area (Å²) in [6.45, 7) is 11.8. The Morgan fingerprint density at radius 1 is 1.18 bits per heavy atom. The third-order valence-corrected chi connectivity index (χ3v) is 7.05. The van der Waals surface area contributed by atoms with Gasteiger partial charge in [0.2, 0.25) is 0 Å². The molecule has 3 rings (SSSR count). The normalized spacial score (nSPS) is 24.9. The lowest BCUT2D eigenvalue weighted by Crippen LogP contribution is -2.52. The van der Waals surface area contributed by atoms with E-state index in [0.29, 0.717) is 6.04 Å². The molecular formula is C27H43FN2O4. The SMILES string of the molecule is CCCCC1(CCC)CC(CCN2CCN(c3ccc(F)cc3)CC2C)OC1=O.COC(C)=O. The van der Waals surface area contributed by atoms with Gasteiger partial charge in [0.15, 0.2) is 0 Å². The van der Waals surface area contributed by atoms with Crippen molar-refractivity contribution in [3.8, 4) is 0 Å². The molecule has 2 fully saturated rings. The van der Waals surface area contributed by atoms with Crippen LogP contribution < -0.4 is 4.90 Å². The van der Waals surface area contributed by atoms with Crippen LogP contribution in [0.5, 0.6) is 0 Å². The Labute approximate surface area is 204 Å². The van der Waals surface area contributed by atoms with Crippen molar-refractivity contribution in [3.05, 3.63) is 30.1 Å². The molecule has 0 bridgehead atoms. The molecule has 1 aromatic rings. The summed E-state index contributed by atoms with van der Waals surface area (Å²) in [5.41, 5.74) is 0.852. The summed E-state index contributed by atoms with van der Waals surface area (Å²) in [6.07, 6.45) is 7.06. The second kappa shape index (κ2) is 13.7. The summed E-state index contributed by atoms with van der Waals surface area (Å²) in [4.78, 5) is 27.1. The maximum absolute atomic E-state index is 13.2. The fourth-order valence-electron chi connectivity index (χ4n) is 5.05. The van der Waals surface area contributed by atoms with Crippen LogP contribution in [0.2, 0.25) is 0 Å². The number of carbonyl (C=O) groups is 2. The van der Waals surface area contributed by atoms with Crippen LogP contribution in [-0.2, 0) is 19.1 Å². The van der Waals surface area contributed by atoms with E-state index in [9.17, 15) is 14.0 Å². The molecule has 1 aromatic carbocycles. The van der Waals surface area contributed by atoms with Gasteiger partial charge in [-0.3, -0.25) is 14.5 Å². The maximum Gasteiger partial charge on any atom is 0.312 e. The largest absolute Gasteiger partial charge is 0.469 e. The van der Waals surface area contributed by atoms with E-state index >= 15 is 0 Å². The molecule has 0 aliphatic carbocycles. The van der Waals surface area contributed by atoms with Crippen LogP contribution in [0.15, 0.2) is 24.3 Å². The molecule has 0 aromatic heterocycles. The maximum atomic E-state index is 13.2. The van der Waals surface area contributed by atoms with Crippen LogP contribution in [0.4, 0.5) is 10.1 Å². The van der Waals surface area contributed by atoms with Crippen molar-refractivity contribution in [2.45, 2.75) is 84.8 Å². The van der Waals surface area contributed by atoms with Crippen LogP contribution in [0.3, 0.4) is 0 Å². The van der Waals surface area contributed by atoms with Crippen molar-refractivity contribution >= 4 is 17.6 Å². The second-order valence-electron chi connectivity index (χ2n) is 9.66. The number of nitrogens with zero attached hydrogens (tertiary/aromatic N) is 2. The minimum atomic E-state index is -0.245. The van der Waals surface area contributed by atoms with Crippen molar-refractivity contribution < 1.29 is 23.5 Å². The lowest BCUT2D eigenvalue weighted by Gasteiger charge is -2.41. The Morgan fingerprint density at radius 3 is 2.41 bits per heavy atom. The van der Waals surface area contributed by atoms with E-state index in [-0.39, 0.29) is 29.3 Å². The zero-order valence-corrected chi connectivity index (χ0v) is 21.6. The van der Waals surface area contributed by atoms with Gasteiger partial charge < -0.3 is 14.4 Å². The first-order chi connectivity index (χ1) is 16.2. The zero-order chi connectivity index (χ0) is 25.1. The fourth-order valence-corrected chi connectivity index (χ4v) is 5.05. The molecule has 3 unspecified atom stereocenters. The Kier molecular flexibility index (Phi) is 11.3. The van der Waals surface area contributed by atoms with E-state index in [2.05, 4.69) is 35.3 Å². The predicted molar refractivity (Wildman–Crippen MR) is 133 cm³/mol. The van der Waals surface area contributed by atoms with Crippen molar-refractivity contribution in [2.75, 3.05) is 38.2 Å². The second-order valence-corrected chi connectivity index (χ2v) is 9.66. The number of anilines is 1. The third kappa shape index (κ3) is 7.97. The average Bonchev–Trinajstić information content (AvgIpc) is 3.13. The molecule has 0 saturated carbocycles. The van der Waals surface area contributed by atoms with Crippen LogP contribution >= 0.6 is 0 Å². The number of hydrogen-bond acceptors (Lipinski definition) is 6. The number of methoxy groups -OCH3 is 1. The number of unbranched alkanes of at least 4 members (excludes halogenated alkanes) is 1. The molecular weight excluding hydrogens is 435 g/mol. The van der Waals surface area contributed by atoms with Crippen LogP contribution in [0.25, 0.3) is 0 Å². The first-order valence-electron chi connectivity index (χ1n) is 12.7. The van der Waals surface area contributed by atoms with E-state index in [0.717, 1.165) is 76.8 Å². The molecule has 6 nitrogen and oxygen atoms in total. The quantitative estimate of drug-likeness (QED) is 0.455. The number of rotatable bonds is 9. The van der Waals surface area contributed by atoms with Crippen LogP contribution in [0.1, 0.15) is 72.6 Å².